The van der Waals surface area contributed by atoms with Crippen molar-refractivity contribution in [1.29, 1.82) is 0 Å². The second-order valence-corrected chi connectivity index (χ2v) is 7.47. The Kier molecular flexibility index (Phi) is 7.64. The number of carbonyl (C=O) groups excluding carboxylic acids is 1. The molecule has 2 aliphatic carbocycles. The first kappa shape index (κ1) is 19.0. The van der Waals surface area contributed by atoms with Crippen molar-refractivity contribution in [3.8, 4) is 0 Å². The molecular formula is C18H33ClN2O2. The van der Waals surface area contributed by atoms with Gasteiger partial charge in [0.25, 0.3) is 0 Å². The van der Waals surface area contributed by atoms with E-state index in [0.717, 1.165) is 19.5 Å². The largest absolute Gasteiger partial charge is 0.376 e. The Bertz CT molecular complexity index is 372. The van der Waals surface area contributed by atoms with Gasteiger partial charge in [-0.3, -0.25) is 4.79 Å². The number of ether oxygens (including phenoxy) is 1. The lowest BCUT2D eigenvalue weighted by Crippen LogP contribution is -2.48. The molecular weight excluding hydrogens is 312 g/mol. The standard InChI is InChI=1S/C18H32N2O2.ClH/c21-17(18-10-6-5-7-15(18)13-19-14-18)20-11-12-22-16-8-3-1-2-4-9-16;/h15-16,19H,1-14H2,(H,20,21);1H/t15-,18+;/m0./s1. The maximum atomic E-state index is 12.7. The summed E-state index contributed by atoms with van der Waals surface area (Å²) in [5.74, 6) is 0.815. The summed E-state index contributed by atoms with van der Waals surface area (Å²) in [7, 11) is 0. The first-order valence-electron chi connectivity index (χ1n) is 9.42. The minimum atomic E-state index is -0.124. The number of amides is 1. The predicted molar refractivity (Wildman–Crippen MR) is 95.0 cm³/mol. The zero-order valence-electron chi connectivity index (χ0n) is 14.3. The molecule has 3 fully saturated rings. The van der Waals surface area contributed by atoms with Crippen LogP contribution in [-0.4, -0.2) is 38.3 Å². The van der Waals surface area contributed by atoms with Crippen molar-refractivity contribution < 1.29 is 9.53 Å². The van der Waals surface area contributed by atoms with E-state index in [-0.39, 0.29) is 23.7 Å². The summed E-state index contributed by atoms with van der Waals surface area (Å²) < 4.78 is 5.98. The van der Waals surface area contributed by atoms with E-state index in [2.05, 4.69) is 10.6 Å². The maximum Gasteiger partial charge on any atom is 0.227 e. The lowest BCUT2D eigenvalue weighted by atomic mass is 9.67. The zero-order chi connectivity index (χ0) is 15.3. The van der Waals surface area contributed by atoms with E-state index in [0.29, 0.717) is 25.2 Å². The number of halogens is 1. The lowest BCUT2D eigenvalue weighted by Gasteiger charge is -2.37. The van der Waals surface area contributed by atoms with E-state index >= 15 is 0 Å². The zero-order valence-corrected chi connectivity index (χ0v) is 15.1. The molecule has 5 heteroatoms. The molecule has 0 radical (unpaired) electrons. The van der Waals surface area contributed by atoms with Gasteiger partial charge in [0, 0.05) is 13.1 Å². The lowest BCUT2D eigenvalue weighted by molar-refractivity contribution is -0.134. The minimum Gasteiger partial charge on any atom is -0.376 e. The van der Waals surface area contributed by atoms with Crippen molar-refractivity contribution in [2.75, 3.05) is 26.2 Å². The first-order chi connectivity index (χ1) is 10.8. The molecule has 0 aromatic rings. The quantitative estimate of drug-likeness (QED) is 0.595. The molecule has 0 spiro atoms. The van der Waals surface area contributed by atoms with Crippen LogP contribution < -0.4 is 10.6 Å². The molecule has 3 rings (SSSR count). The van der Waals surface area contributed by atoms with E-state index in [1.54, 1.807) is 0 Å². The van der Waals surface area contributed by atoms with Crippen LogP contribution in [-0.2, 0) is 9.53 Å². The number of rotatable bonds is 5. The Morgan fingerprint density at radius 3 is 2.61 bits per heavy atom. The third-order valence-corrected chi connectivity index (χ3v) is 6.03. The molecule has 0 unspecified atom stereocenters. The van der Waals surface area contributed by atoms with Crippen molar-refractivity contribution in [2.45, 2.75) is 70.3 Å². The number of hydrogen-bond acceptors (Lipinski definition) is 3. The second-order valence-electron chi connectivity index (χ2n) is 7.47. The number of fused-ring (bicyclic) bond motifs is 1. The topological polar surface area (TPSA) is 50.4 Å². The van der Waals surface area contributed by atoms with Gasteiger partial charge in [0.1, 0.15) is 0 Å². The van der Waals surface area contributed by atoms with Crippen LogP contribution in [0, 0.1) is 11.3 Å². The SMILES string of the molecule is Cl.O=C(NCCOC1CCCCCC1)[C@@]12CCCC[C@H]1CNC2. The van der Waals surface area contributed by atoms with Gasteiger partial charge in [-0.15, -0.1) is 12.4 Å². The summed E-state index contributed by atoms with van der Waals surface area (Å²) in [4.78, 5) is 12.7. The highest BCUT2D eigenvalue weighted by Gasteiger charge is 2.49. The van der Waals surface area contributed by atoms with Crippen molar-refractivity contribution in [2.24, 2.45) is 11.3 Å². The van der Waals surface area contributed by atoms with Crippen LogP contribution in [0.15, 0.2) is 0 Å². The molecule has 2 saturated carbocycles. The molecule has 4 nitrogen and oxygen atoms in total. The minimum absolute atomic E-state index is 0. The summed E-state index contributed by atoms with van der Waals surface area (Å²) >= 11 is 0. The summed E-state index contributed by atoms with van der Waals surface area (Å²) in [5, 5.41) is 6.61. The van der Waals surface area contributed by atoms with Crippen molar-refractivity contribution in [1.82, 2.24) is 10.6 Å². The van der Waals surface area contributed by atoms with E-state index in [1.165, 1.54) is 57.8 Å². The highest BCUT2D eigenvalue weighted by Crippen LogP contribution is 2.43. The molecule has 3 aliphatic rings. The molecule has 1 saturated heterocycles. The fraction of sp³-hybridized carbons (Fsp3) is 0.944. The fourth-order valence-corrected chi connectivity index (χ4v) is 4.67. The van der Waals surface area contributed by atoms with Crippen LogP contribution in [0.5, 0.6) is 0 Å². The molecule has 2 atom stereocenters. The first-order valence-corrected chi connectivity index (χ1v) is 9.42. The van der Waals surface area contributed by atoms with E-state index in [9.17, 15) is 4.79 Å². The number of carbonyl (C=O) groups is 1. The van der Waals surface area contributed by atoms with Gasteiger partial charge in [-0.05, 0) is 38.1 Å². The monoisotopic (exact) mass is 344 g/mol. The Morgan fingerprint density at radius 1 is 1.09 bits per heavy atom. The van der Waals surface area contributed by atoms with Crippen LogP contribution in [0.25, 0.3) is 0 Å². The second kappa shape index (κ2) is 9.24. The van der Waals surface area contributed by atoms with Gasteiger partial charge in [-0.25, -0.2) is 0 Å². The molecule has 23 heavy (non-hydrogen) atoms. The summed E-state index contributed by atoms with van der Waals surface area (Å²) in [6.45, 7) is 3.23. The van der Waals surface area contributed by atoms with Crippen molar-refractivity contribution in [3.05, 3.63) is 0 Å². The fourth-order valence-electron chi connectivity index (χ4n) is 4.67. The molecule has 0 aromatic heterocycles. The Hall–Kier alpha value is -0.320. The molecule has 1 heterocycles. The number of nitrogens with one attached hydrogen (secondary N) is 2. The highest BCUT2D eigenvalue weighted by molar-refractivity contribution is 5.85. The van der Waals surface area contributed by atoms with Gasteiger partial charge in [0.05, 0.1) is 18.1 Å². The van der Waals surface area contributed by atoms with Crippen LogP contribution in [0.1, 0.15) is 64.2 Å². The Balaban J connectivity index is 0.00000192. The third kappa shape index (κ3) is 4.61. The van der Waals surface area contributed by atoms with Gasteiger partial charge in [0.2, 0.25) is 5.91 Å². The van der Waals surface area contributed by atoms with Gasteiger partial charge < -0.3 is 15.4 Å². The average molecular weight is 345 g/mol. The molecule has 134 valence electrons. The molecule has 1 aliphatic heterocycles. The highest BCUT2D eigenvalue weighted by atomic mass is 35.5. The summed E-state index contributed by atoms with van der Waals surface area (Å²) in [6, 6.07) is 0. The third-order valence-electron chi connectivity index (χ3n) is 6.03. The van der Waals surface area contributed by atoms with Gasteiger partial charge in [-0.2, -0.15) is 0 Å². The van der Waals surface area contributed by atoms with Crippen LogP contribution in [0.4, 0.5) is 0 Å². The normalized spacial score (nSPS) is 31.7. The van der Waals surface area contributed by atoms with E-state index < -0.39 is 0 Å². The maximum absolute atomic E-state index is 12.7. The molecule has 0 bridgehead atoms. The van der Waals surface area contributed by atoms with Crippen LogP contribution in [0.2, 0.25) is 0 Å². The van der Waals surface area contributed by atoms with Crippen molar-refractivity contribution in [3.63, 3.8) is 0 Å². The van der Waals surface area contributed by atoms with E-state index in [4.69, 9.17) is 4.74 Å². The van der Waals surface area contributed by atoms with Gasteiger partial charge in [-0.1, -0.05) is 38.5 Å². The van der Waals surface area contributed by atoms with Gasteiger partial charge in [0.15, 0.2) is 0 Å². The molecule has 2 N–H and O–H groups in total. The number of hydrogen-bond donors (Lipinski definition) is 2. The van der Waals surface area contributed by atoms with E-state index in [1.807, 2.05) is 0 Å². The smallest absolute Gasteiger partial charge is 0.227 e. The van der Waals surface area contributed by atoms with Crippen LogP contribution >= 0.6 is 12.4 Å². The van der Waals surface area contributed by atoms with Crippen molar-refractivity contribution >= 4 is 18.3 Å². The molecule has 0 aromatic carbocycles. The summed E-state index contributed by atoms with van der Waals surface area (Å²) in [5.41, 5.74) is -0.124. The molecule has 1 amide bonds. The summed E-state index contributed by atoms with van der Waals surface area (Å²) in [6.07, 6.45) is 12.9. The average Bonchev–Trinajstić information content (AvgIpc) is 2.82. The van der Waals surface area contributed by atoms with Crippen LogP contribution in [0.3, 0.4) is 0 Å². The Morgan fingerprint density at radius 2 is 1.83 bits per heavy atom. The predicted octanol–water partition coefficient (Wildman–Crippen LogP) is 3.04. The Labute approximate surface area is 146 Å². The van der Waals surface area contributed by atoms with Gasteiger partial charge >= 0.3 is 0 Å².